The molecule has 3 rings (SSSR count). The number of rotatable bonds is 7. The van der Waals surface area contributed by atoms with E-state index in [9.17, 15) is 0 Å². The maximum atomic E-state index is 2.49. The molecule has 0 radical (unpaired) electrons. The molecular formula is C26H42. The monoisotopic (exact) mass is 354 g/mol. The van der Waals surface area contributed by atoms with Gasteiger partial charge in [0.15, 0.2) is 0 Å². The van der Waals surface area contributed by atoms with Gasteiger partial charge >= 0.3 is 0 Å². The van der Waals surface area contributed by atoms with E-state index in [2.05, 4.69) is 45.0 Å². The van der Waals surface area contributed by atoms with E-state index in [1.165, 1.54) is 83.5 Å². The second-order valence-corrected chi connectivity index (χ2v) is 9.89. The van der Waals surface area contributed by atoms with Crippen LogP contribution in [0.4, 0.5) is 0 Å². The van der Waals surface area contributed by atoms with Gasteiger partial charge < -0.3 is 0 Å². The van der Waals surface area contributed by atoms with Gasteiger partial charge in [0.1, 0.15) is 0 Å². The number of hydrogen-bond acceptors (Lipinski definition) is 0. The summed E-state index contributed by atoms with van der Waals surface area (Å²) in [6, 6.07) is 9.77. The summed E-state index contributed by atoms with van der Waals surface area (Å²) in [6.45, 7) is 7.19. The topological polar surface area (TPSA) is 0 Å². The fourth-order valence-corrected chi connectivity index (χ4v) is 5.55. The fourth-order valence-electron chi connectivity index (χ4n) is 5.55. The predicted molar refractivity (Wildman–Crippen MR) is 115 cm³/mol. The molecule has 1 aromatic rings. The van der Waals surface area contributed by atoms with E-state index >= 15 is 0 Å². The highest BCUT2D eigenvalue weighted by molar-refractivity contribution is 5.26. The molecule has 0 unspecified atom stereocenters. The summed E-state index contributed by atoms with van der Waals surface area (Å²) in [7, 11) is 0. The molecule has 0 heteroatoms. The number of aryl methyl sites for hydroxylation is 1. The fraction of sp³-hybridized carbons (Fsp3) is 0.769. The Morgan fingerprint density at radius 2 is 1.38 bits per heavy atom. The van der Waals surface area contributed by atoms with Gasteiger partial charge in [-0.3, -0.25) is 0 Å². The van der Waals surface area contributed by atoms with Crippen LogP contribution in [0.15, 0.2) is 24.3 Å². The number of benzene rings is 1. The highest BCUT2D eigenvalue weighted by atomic mass is 14.3. The third kappa shape index (κ3) is 5.37. The second-order valence-electron chi connectivity index (χ2n) is 9.89. The van der Waals surface area contributed by atoms with E-state index < -0.39 is 0 Å². The number of hydrogen-bond donors (Lipinski definition) is 0. The Morgan fingerprint density at radius 1 is 0.808 bits per heavy atom. The van der Waals surface area contributed by atoms with Crippen molar-refractivity contribution in [3.05, 3.63) is 35.4 Å². The van der Waals surface area contributed by atoms with Crippen LogP contribution in [0.25, 0.3) is 0 Å². The predicted octanol–water partition coefficient (Wildman–Crippen LogP) is 8.30. The van der Waals surface area contributed by atoms with Crippen LogP contribution in [0.3, 0.4) is 0 Å². The van der Waals surface area contributed by atoms with E-state index in [1.54, 1.807) is 11.1 Å². The van der Waals surface area contributed by atoms with Crippen LogP contribution >= 0.6 is 0 Å². The molecule has 0 aliphatic heterocycles. The molecule has 2 fully saturated rings. The van der Waals surface area contributed by atoms with Gasteiger partial charge in [-0.1, -0.05) is 90.0 Å². The Hall–Kier alpha value is -0.780. The summed E-state index contributed by atoms with van der Waals surface area (Å²) >= 11 is 0. The largest absolute Gasteiger partial charge is 0.0654 e. The quantitative estimate of drug-likeness (QED) is 0.462. The van der Waals surface area contributed by atoms with Gasteiger partial charge in [0.2, 0.25) is 0 Å². The molecule has 2 aliphatic rings. The summed E-state index contributed by atoms with van der Waals surface area (Å²) in [5, 5.41) is 0. The molecule has 0 amide bonds. The molecule has 2 aliphatic carbocycles. The van der Waals surface area contributed by atoms with Crippen molar-refractivity contribution >= 4 is 0 Å². The first kappa shape index (κ1) is 20.0. The first-order valence-electron chi connectivity index (χ1n) is 11.7. The van der Waals surface area contributed by atoms with Crippen LogP contribution in [0.2, 0.25) is 0 Å². The second kappa shape index (κ2) is 9.43. The third-order valence-electron chi connectivity index (χ3n) is 8.00. The first-order chi connectivity index (χ1) is 12.6. The zero-order valence-electron chi connectivity index (χ0n) is 17.7. The highest BCUT2D eigenvalue weighted by Gasteiger charge is 2.30. The maximum Gasteiger partial charge on any atom is -0.0162 e. The molecule has 0 heterocycles. The van der Waals surface area contributed by atoms with E-state index in [4.69, 9.17) is 0 Å². The van der Waals surface area contributed by atoms with Crippen molar-refractivity contribution in [2.24, 2.45) is 17.3 Å². The lowest BCUT2D eigenvalue weighted by atomic mass is 9.69. The Bertz CT molecular complexity index is 509. The van der Waals surface area contributed by atoms with Crippen LogP contribution in [0, 0.1) is 17.3 Å². The summed E-state index contributed by atoms with van der Waals surface area (Å²) in [6.07, 6.45) is 18.5. The maximum absolute atomic E-state index is 2.49. The van der Waals surface area contributed by atoms with Gasteiger partial charge in [0.05, 0.1) is 0 Å². The van der Waals surface area contributed by atoms with Crippen molar-refractivity contribution in [3.63, 3.8) is 0 Å². The minimum atomic E-state index is 0.618. The van der Waals surface area contributed by atoms with Crippen molar-refractivity contribution in [1.82, 2.24) is 0 Å². The van der Waals surface area contributed by atoms with Gasteiger partial charge in [0.25, 0.3) is 0 Å². The van der Waals surface area contributed by atoms with E-state index in [-0.39, 0.29) is 0 Å². The van der Waals surface area contributed by atoms with Crippen molar-refractivity contribution < 1.29 is 0 Å². The average Bonchev–Trinajstić information content (AvgIpc) is 2.69. The van der Waals surface area contributed by atoms with Crippen molar-refractivity contribution in [2.45, 2.75) is 110 Å². The normalized spacial score (nSPS) is 32.5. The van der Waals surface area contributed by atoms with Gasteiger partial charge in [-0.15, -0.1) is 0 Å². The Labute approximate surface area is 163 Å². The lowest BCUT2D eigenvalue weighted by Crippen LogP contribution is -2.22. The zero-order valence-corrected chi connectivity index (χ0v) is 17.7. The van der Waals surface area contributed by atoms with Crippen LogP contribution in [-0.2, 0) is 6.42 Å². The van der Waals surface area contributed by atoms with E-state index in [1.807, 2.05) is 0 Å². The smallest absolute Gasteiger partial charge is 0.0162 e. The SMILES string of the molecule is CCC[C@H]1CC[C@H](CCc2ccc(C3CCC(C)(CC)CC3)cc2)CC1. The van der Waals surface area contributed by atoms with Crippen molar-refractivity contribution in [3.8, 4) is 0 Å². The molecule has 0 saturated heterocycles. The van der Waals surface area contributed by atoms with Gasteiger partial charge in [0, 0.05) is 0 Å². The minimum absolute atomic E-state index is 0.618. The van der Waals surface area contributed by atoms with E-state index in [0.717, 1.165) is 17.8 Å². The van der Waals surface area contributed by atoms with Crippen molar-refractivity contribution in [2.75, 3.05) is 0 Å². The Morgan fingerprint density at radius 3 is 1.92 bits per heavy atom. The van der Waals surface area contributed by atoms with Crippen LogP contribution in [-0.4, -0.2) is 0 Å². The van der Waals surface area contributed by atoms with E-state index in [0.29, 0.717) is 5.41 Å². The lowest BCUT2D eigenvalue weighted by molar-refractivity contribution is 0.191. The van der Waals surface area contributed by atoms with Gasteiger partial charge in [-0.05, 0) is 72.8 Å². The van der Waals surface area contributed by atoms with Gasteiger partial charge in [-0.25, -0.2) is 0 Å². The molecule has 0 atom stereocenters. The molecular weight excluding hydrogens is 312 g/mol. The zero-order chi connectivity index (χ0) is 18.4. The highest BCUT2D eigenvalue weighted by Crippen LogP contribution is 2.44. The summed E-state index contributed by atoms with van der Waals surface area (Å²) in [4.78, 5) is 0. The molecule has 0 nitrogen and oxygen atoms in total. The molecule has 1 aromatic carbocycles. The van der Waals surface area contributed by atoms with Crippen LogP contribution in [0.1, 0.15) is 115 Å². The minimum Gasteiger partial charge on any atom is -0.0654 e. The first-order valence-corrected chi connectivity index (χ1v) is 11.7. The summed E-state index contributed by atoms with van der Waals surface area (Å²) < 4.78 is 0. The molecule has 0 spiro atoms. The summed E-state index contributed by atoms with van der Waals surface area (Å²) in [5.41, 5.74) is 3.79. The Balaban J connectivity index is 1.42. The molecule has 26 heavy (non-hydrogen) atoms. The summed E-state index contributed by atoms with van der Waals surface area (Å²) in [5.74, 6) is 2.85. The van der Waals surface area contributed by atoms with Gasteiger partial charge in [-0.2, -0.15) is 0 Å². The van der Waals surface area contributed by atoms with Crippen LogP contribution in [0.5, 0.6) is 0 Å². The molecule has 146 valence electrons. The molecule has 0 aromatic heterocycles. The lowest BCUT2D eigenvalue weighted by Gasteiger charge is -2.37. The standard InChI is InChI=1S/C26H42/c1-4-6-21-7-9-22(10-8-21)11-12-23-13-15-24(16-14-23)25-17-19-26(3,5-2)20-18-25/h13-16,21-22,25H,4-12,17-20H2,1-3H3/t21-,22-,25?,26?. The Kier molecular flexibility index (Phi) is 7.24. The molecule has 0 bridgehead atoms. The van der Waals surface area contributed by atoms with Crippen LogP contribution < -0.4 is 0 Å². The molecule has 0 N–H and O–H groups in total. The van der Waals surface area contributed by atoms with Crippen molar-refractivity contribution in [1.29, 1.82) is 0 Å². The average molecular weight is 355 g/mol. The third-order valence-corrected chi connectivity index (χ3v) is 8.00. The molecule has 2 saturated carbocycles.